The first kappa shape index (κ1) is 22.0. The highest BCUT2D eigenvalue weighted by atomic mass is 16.6. The van der Waals surface area contributed by atoms with Gasteiger partial charge >= 0.3 is 0 Å². The number of aromatic nitrogens is 1. The molecule has 3 heterocycles. The van der Waals surface area contributed by atoms with Crippen LogP contribution in [-0.4, -0.2) is 61.1 Å². The van der Waals surface area contributed by atoms with Gasteiger partial charge in [-0.3, -0.25) is 9.59 Å². The van der Waals surface area contributed by atoms with Gasteiger partial charge in [-0.25, -0.2) is 4.98 Å². The Balaban J connectivity index is 1.36. The van der Waals surface area contributed by atoms with Gasteiger partial charge in [0.25, 0.3) is 5.91 Å². The van der Waals surface area contributed by atoms with Gasteiger partial charge in [-0.1, -0.05) is 18.2 Å². The summed E-state index contributed by atoms with van der Waals surface area (Å²) in [5.74, 6) is 1.49. The second-order valence-corrected chi connectivity index (χ2v) is 8.47. The summed E-state index contributed by atoms with van der Waals surface area (Å²) in [5, 5.41) is 3.78. The molecule has 0 bridgehead atoms. The quantitative estimate of drug-likeness (QED) is 0.604. The number of anilines is 2. The zero-order chi connectivity index (χ0) is 23.5. The fourth-order valence-electron chi connectivity index (χ4n) is 4.43. The Morgan fingerprint density at radius 3 is 2.59 bits per heavy atom. The second-order valence-electron chi connectivity index (χ2n) is 8.47. The van der Waals surface area contributed by atoms with E-state index in [9.17, 15) is 9.59 Å². The largest absolute Gasteiger partial charge is 0.486 e. The number of likely N-dealkylation sites (N-methyl/N-ethyl adjacent to an activating group) is 1. The molecule has 0 unspecified atom stereocenters. The summed E-state index contributed by atoms with van der Waals surface area (Å²) < 4.78 is 11.1. The zero-order valence-electron chi connectivity index (χ0n) is 19.3. The minimum absolute atomic E-state index is 0.0595. The van der Waals surface area contributed by atoms with Crippen LogP contribution in [0.2, 0.25) is 0 Å². The number of rotatable bonds is 6. The van der Waals surface area contributed by atoms with E-state index in [-0.39, 0.29) is 18.4 Å². The van der Waals surface area contributed by atoms with E-state index in [1.165, 1.54) is 0 Å². The van der Waals surface area contributed by atoms with Crippen molar-refractivity contribution in [3.8, 4) is 11.5 Å². The number of carbonyl (C=O) groups is 2. The highest BCUT2D eigenvalue weighted by Crippen LogP contribution is 2.32. The number of benzene rings is 2. The van der Waals surface area contributed by atoms with Gasteiger partial charge in [0.2, 0.25) is 5.91 Å². The molecule has 2 aliphatic rings. The highest BCUT2D eigenvalue weighted by Gasteiger charge is 2.26. The number of fused-ring (bicyclic) bond motifs is 2. The molecule has 5 rings (SSSR count). The maximum Gasteiger partial charge on any atom is 0.258 e. The summed E-state index contributed by atoms with van der Waals surface area (Å²) in [7, 11) is 0. The number of nitrogens with one attached hydrogen (secondary N) is 1. The lowest BCUT2D eigenvalue weighted by Crippen LogP contribution is -2.38. The average molecular weight is 461 g/mol. The van der Waals surface area contributed by atoms with E-state index in [1.807, 2.05) is 37.3 Å². The first-order valence-corrected chi connectivity index (χ1v) is 11.8. The molecule has 2 aromatic carbocycles. The Morgan fingerprint density at radius 2 is 1.79 bits per heavy atom. The van der Waals surface area contributed by atoms with Gasteiger partial charge in [0.05, 0.1) is 11.1 Å². The molecular formula is C26H28N4O4. The fourth-order valence-corrected chi connectivity index (χ4v) is 4.43. The number of hydrogen-bond donors (Lipinski definition) is 1. The second kappa shape index (κ2) is 9.59. The van der Waals surface area contributed by atoms with Gasteiger partial charge in [-0.2, -0.15) is 0 Å². The molecule has 1 fully saturated rings. The van der Waals surface area contributed by atoms with Crippen LogP contribution in [0.25, 0.3) is 10.9 Å². The standard InChI is InChI=1S/C26H28N4O4/c1-2-29(17-24(31)27-19-9-10-22-23(16-19)34-14-13-33-22)26(32)20-15-18-7-3-4-8-21(18)28-25(20)30-11-5-6-12-30/h3-4,7-10,15-16H,2,5-6,11-14,17H2,1H3,(H,27,31). The lowest BCUT2D eigenvalue weighted by molar-refractivity contribution is -0.116. The van der Waals surface area contributed by atoms with Gasteiger partial charge < -0.3 is 24.6 Å². The summed E-state index contributed by atoms with van der Waals surface area (Å²) in [5.41, 5.74) is 2.00. The van der Waals surface area contributed by atoms with Crippen molar-refractivity contribution in [3.05, 3.63) is 54.1 Å². The third-order valence-electron chi connectivity index (χ3n) is 6.17. The molecular weight excluding hydrogens is 432 g/mol. The molecule has 8 heteroatoms. The number of amides is 2. The molecule has 3 aromatic rings. The predicted molar refractivity (Wildman–Crippen MR) is 131 cm³/mol. The van der Waals surface area contributed by atoms with Crippen LogP contribution in [0.3, 0.4) is 0 Å². The van der Waals surface area contributed by atoms with Gasteiger partial charge in [0.1, 0.15) is 25.6 Å². The maximum atomic E-state index is 13.6. The van der Waals surface area contributed by atoms with Crippen LogP contribution in [0, 0.1) is 0 Å². The number of nitrogens with zero attached hydrogens (tertiary/aromatic N) is 3. The van der Waals surface area contributed by atoms with E-state index in [4.69, 9.17) is 14.5 Å². The Hall–Kier alpha value is -3.81. The van der Waals surface area contributed by atoms with E-state index in [2.05, 4.69) is 10.2 Å². The zero-order valence-corrected chi connectivity index (χ0v) is 19.3. The van der Waals surface area contributed by atoms with Gasteiger partial charge in [-0.15, -0.1) is 0 Å². The van der Waals surface area contributed by atoms with Crippen LogP contribution >= 0.6 is 0 Å². The molecule has 0 saturated carbocycles. The Bertz CT molecular complexity index is 1220. The molecule has 0 atom stereocenters. The van der Waals surface area contributed by atoms with E-state index < -0.39 is 0 Å². The Kier molecular flexibility index (Phi) is 6.20. The van der Waals surface area contributed by atoms with Crippen LogP contribution < -0.4 is 19.7 Å². The molecule has 0 spiro atoms. The monoisotopic (exact) mass is 460 g/mol. The van der Waals surface area contributed by atoms with Crippen LogP contribution in [0.15, 0.2) is 48.5 Å². The molecule has 176 valence electrons. The molecule has 1 saturated heterocycles. The first-order chi connectivity index (χ1) is 16.6. The van der Waals surface area contributed by atoms with Crippen LogP contribution in [-0.2, 0) is 4.79 Å². The molecule has 0 radical (unpaired) electrons. The minimum Gasteiger partial charge on any atom is -0.486 e. The van der Waals surface area contributed by atoms with Crippen molar-refractivity contribution in [1.82, 2.24) is 9.88 Å². The number of hydrogen-bond acceptors (Lipinski definition) is 6. The van der Waals surface area contributed by atoms with Gasteiger partial charge in [0, 0.05) is 36.8 Å². The normalized spacial score (nSPS) is 14.8. The molecule has 34 heavy (non-hydrogen) atoms. The average Bonchev–Trinajstić information content (AvgIpc) is 3.41. The third kappa shape index (κ3) is 4.48. The minimum atomic E-state index is -0.275. The summed E-state index contributed by atoms with van der Waals surface area (Å²) >= 11 is 0. The van der Waals surface area contributed by atoms with E-state index >= 15 is 0 Å². The smallest absolute Gasteiger partial charge is 0.258 e. The summed E-state index contributed by atoms with van der Waals surface area (Å²) in [6.07, 6.45) is 2.16. The van der Waals surface area contributed by atoms with Crippen molar-refractivity contribution < 1.29 is 19.1 Å². The fraction of sp³-hybridized carbons (Fsp3) is 0.346. The van der Waals surface area contributed by atoms with Gasteiger partial charge in [-0.05, 0) is 44.0 Å². The van der Waals surface area contributed by atoms with E-state index in [0.717, 1.165) is 36.8 Å². The molecule has 2 aliphatic heterocycles. The lowest BCUT2D eigenvalue weighted by Gasteiger charge is -2.25. The molecule has 1 aromatic heterocycles. The Morgan fingerprint density at radius 1 is 1.03 bits per heavy atom. The number of para-hydroxylation sites is 1. The molecule has 8 nitrogen and oxygen atoms in total. The highest BCUT2D eigenvalue weighted by molar-refractivity contribution is 6.04. The van der Waals surface area contributed by atoms with Crippen molar-refractivity contribution in [3.63, 3.8) is 0 Å². The van der Waals surface area contributed by atoms with Crippen LogP contribution in [0.4, 0.5) is 11.5 Å². The van der Waals surface area contributed by atoms with E-state index in [0.29, 0.717) is 48.3 Å². The number of ether oxygens (including phenoxy) is 2. The number of pyridine rings is 1. The van der Waals surface area contributed by atoms with Crippen LogP contribution in [0.1, 0.15) is 30.1 Å². The van der Waals surface area contributed by atoms with Crippen molar-refractivity contribution >= 4 is 34.2 Å². The maximum absolute atomic E-state index is 13.6. The summed E-state index contributed by atoms with van der Waals surface area (Å²) in [6.45, 7) is 4.95. The summed E-state index contributed by atoms with van der Waals surface area (Å²) in [4.78, 5) is 35.0. The molecule has 1 N–H and O–H groups in total. The topological polar surface area (TPSA) is 84.0 Å². The van der Waals surface area contributed by atoms with Crippen molar-refractivity contribution in [2.45, 2.75) is 19.8 Å². The molecule has 2 amide bonds. The summed E-state index contributed by atoms with van der Waals surface area (Å²) in [6, 6.07) is 15.0. The van der Waals surface area contributed by atoms with Crippen molar-refractivity contribution in [2.24, 2.45) is 0 Å². The van der Waals surface area contributed by atoms with Crippen LogP contribution in [0.5, 0.6) is 11.5 Å². The van der Waals surface area contributed by atoms with Gasteiger partial charge in [0.15, 0.2) is 11.5 Å². The predicted octanol–water partition coefficient (Wildman–Crippen LogP) is 3.71. The Labute approximate surface area is 198 Å². The lowest BCUT2D eigenvalue weighted by atomic mass is 10.1. The van der Waals surface area contributed by atoms with E-state index in [1.54, 1.807) is 23.1 Å². The number of carbonyl (C=O) groups excluding carboxylic acids is 2. The third-order valence-corrected chi connectivity index (χ3v) is 6.17. The SMILES string of the molecule is CCN(CC(=O)Nc1ccc2c(c1)OCCO2)C(=O)c1cc2ccccc2nc1N1CCCC1. The van der Waals surface area contributed by atoms with Crippen molar-refractivity contribution in [1.29, 1.82) is 0 Å². The van der Waals surface area contributed by atoms with Crippen molar-refractivity contribution in [2.75, 3.05) is 49.6 Å². The first-order valence-electron chi connectivity index (χ1n) is 11.8. The molecule has 0 aliphatic carbocycles.